The molecule has 2 aromatic rings. The van der Waals surface area contributed by atoms with Crippen LogP contribution in [-0.4, -0.2) is 36.3 Å². The van der Waals surface area contributed by atoms with Gasteiger partial charge < -0.3 is 5.73 Å². The fraction of sp³-hybridized carbons (Fsp3) is 0.455. The van der Waals surface area contributed by atoms with E-state index in [0.29, 0.717) is 25.2 Å². The SMILES string of the molecule is Cc1nn(C)c2ncc(S(=O)(=O)NCCCN)cc12.Cl. The molecule has 0 radical (unpaired) electrons. The molecule has 9 heteroatoms. The number of nitrogens with one attached hydrogen (secondary N) is 1. The van der Waals surface area contributed by atoms with Gasteiger partial charge in [-0.3, -0.25) is 4.68 Å². The van der Waals surface area contributed by atoms with Crippen LogP contribution in [0, 0.1) is 6.92 Å². The van der Waals surface area contributed by atoms with Gasteiger partial charge in [-0.05, 0) is 26.0 Å². The minimum atomic E-state index is -3.54. The highest BCUT2D eigenvalue weighted by Gasteiger charge is 2.16. The number of sulfonamides is 1. The van der Waals surface area contributed by atoms with Gasteiger partial charge in [-0.25, -0.2) is 18.1 Å². The van der Waals surface area contributed by atoms with E-state index in [1.807, 2.05) is 6.92 Å². The highest BCUT2D eigenvalue weighted by Crippen LogP contribution is 2.19. The van der Waals surface area contributed by atoms with Gasteiger partial charge in [-0.15, -0.1) is 12.4 Å². The molecule has 0 aliphatic rings. The van der Waals surface area contributed by atoms with Crippen LogP contribution in [-0.2, 0) is 17.1 Å². The lowest BCUT2D eigenvalue weighted by molar-refractivity contribution is 0.579. The maximum Gasteiger partial charge on any atom is 0.242 e. The van der Waals surface area contributed by atoms with Crippen LogP contribution in [0.5, 0.6) is 0 Å². The lowest BCUT2D eigenvalue weighted by Crippen LogP contribution is -2.26. The summed E-state index contributed by atoms with van der Waals surface area (Å²) >= 11 is 0. The summed E-state index contributed by atoms with van der Waals surface area (Å²) in [7, 11) is -1.76. The second-order valence-corrected chi connectivity index (χ2v) is 6.06. The summed E-state index contributed by atoms with van der Waals surface area (Å²) in [4.78, 5) is 4.30. The maximum absolute atomic E-state index is 12.0. The Morgan fingerprint density at radius 2 is 2.15 bits per heavy atom. The summed E-state index contributed by atoms with van der Waals surface area (Å²) < 4.78 is 28.2. The molecule has 0 atom stereocenters. The van der Waals surface area contributed by atoms with Crippen molar-refractivity contribution in [3.8, 4) is 0 Å². The van der Waals surface area contributed by atoms with Gasteiger partial charge in [-0.1, -0.05) is 0 Å². The Labute approximate surface area is 124 Å². The third kappa shape index (κ3) is 3.26. The molecule has 0 unspecified atom stereocenters. The number of aromatic nitrogens is 3. The minimum absolute atomic E-state index is 0. The van der Waals surface area contributed by atoms with Crippen molar-refractivity contribution in [3.63, 3.8) is 0 Å². The molecule has 3 N–H and O–H groups in total. The maximum atomic E-state index is 12.0. The number of halogens is 1. The summed E-state index contributed by atoms with van der Waals surface area (Å²) in [6, 6.07) is 1.59. The fourth-order valence-electron chi connectivity index (χ4n) is 1.83. The molecule has 2 heterocycles. The van der Waals surface area contributed by atoms with Crippen molar-refractivity contribution in [2.45, 2.75) is 18.2 Å². The van der Waals surface area contributed by atoms with Gasteiger partial charge >= 0.3 is 0 Å². The molecule has 2 aromatic heterocycles. The monoisotopic (exact) mass is 319 g/mol. The number of pyridine rings is 1. The first-order valence-electron chi connectivity index (χ1n) is 5.95. The number of hydrogen-bond donors (Lipinski definition) is 2. The first kappa shape index (κ1) is 16.8. The summed E-state index contributed by atoms with van der Waals surface area (Å²) in [6.45, 7) is 2.59. The Hall–Kier alpha value is -1.22. The third-order valence-electron chi connectivity index (χ3n) is 2.82. The average Bonchev–Trinajstić information content (AvgIpc) is 2.65. The predicted octanol–water partition coefficient (Wildman–Crippen LogP) is 0.326. The number of fused-ring (bicyclic) bond motifs is 1. The van der Waals surface area contributed by atoms with Crippen LogP contribution in [0.2, 0.25) is 0 Å². The van der Waals surface area contributed by atoms with Crippen LogP contribution in [0.3, 0.4) is 0 Å². The van der Waals surface area contributed by atoms with Crippen molar-refractivity contribution in [2.24, 2.45) is 12.8 Å². The van der Waals surface area contributed by atoms with E-state index in [2.05, 4.69) is 14.8 Å². The lowest BCUT2D eigenvalue weighted by Gasteiger charge is -2.05. The Bertz CT molecular complexity index is 698. The van der Waals surface area contributed by atoms with Crippen LogP contribution in [0.4, 0.5) is 0 Å². The van der Waals surface area contributed by atoms with Crippen LogP contribution in [0.1, 0.15) is 12.1 Å². The van der Waals surface area contributed by atoms with Crippen molar-refractivity contribution in [1.82, 2.24) is 19.5 Å². The topological polar surface area (TPSA) is 103 Å². The molecular weight excluding hydrogens is 302 g/mol. The molecule has 7 nitrogen and oxygen atoms in total. The van der Waals surface area contributed by atoms with Crippen molar-refractivity contribution < 1.29 is 8.42 Å². The predicted molar refractivity (Wildman–Crippen MR) is 79.4 cm³/mol. The van der Waals surface area contributed by atoms with Gasteiger partial charge in [0.1, 0.15) is 4.90 Å². The van der Waals surface area contributed by atoms with E-state index in [1.165, 1.54) is 6.20 Å². The molecule has 0 aromatic carbocycles. The Kier molecular flexibility index (Phi) is 5.46. The molecule has 0 bridgehead atoms. The summed E-state index contributed by atoms with van der Waals surface area (Å²) in [5.74, 6) is 0. The first-order valence-corrected chi connectivity index (χ1v) is 7.43. The van der Waals surface area contributed by atoms with E-state index in [0.717, 1.165) is 11.1 Å². The van der Waals surface area contributed by atoms with E-state index in [9.17, 15) is 8.42 Å². The molecule has 0 saturated carbocycles. The Morgan fingerprint density at radius 3 is 2.80 bits per heavy atom. The van der Waals surface area contributed by atoms with Gasteiger partial charge in [0.15, 0.2) is 5.65 Å². The molecule has 0 saturated heterocycles. The van der Waals surface area contributed by atoms with Gasteiger partial charge in [-0.2, -0.15) is 5.10 Å². The molecule has 0 spiro atoms. The zero-order valence-corrected chi connectivity index (χ0v) is 13.0. The summed E-state index contributed by atoms with van der Waals surface area (Å²) in [5, 5.41) is 4.95. The lowest BCUT2D eigenvalue weighted by atomic mass is 10.3. The van der Waals surface area contributed by atoms with E-state index >= 15 is 0 Å². The van der Waals surface area contributed by atoms with E-state index in [1.54, 1.807) is 17.8 Å². The number of nitrogens with two attached hydrogens (primary N) is 1. The van der Waals surface area contributed by atoms with Crippen LogP contribution < -0.4 is 10.5 Å². The van der Waals surface area contributed by atoms with Crippen molar-refractivity contribution in [2.75, 3.05) is 13.1 Å². The molecule has 0 aliphatic heterocycles. The van der Waals surface area contributed by atoms with E-state index < -0.39 is 10.0 Å². The molecule has 112 valence electrons. The van der Waals surface area contributed by atoms with Crippen LogP contribution in [0.25, 0.3) is 11.0 Å². The summed E-state index contributed by atoms with van der Waals surface area (Å²) in [5.41, 5.74) is 6.75. The Morgan fingerprint density at radius 1 is 1.45 bits per heavy atom. The molecule has 0 amide bonds. The van der Waals surface area contributed by atoms with Gasteiger partial charge in [0.25, 0.3) is 0 Å². The largest absolute Gasteiger partial charge is 0.330 e. The fourth-order valence-corrected chi connectivity index (χ4v) is 2.87. The van der Waals surface area contributed by atoms with Crippen molar-refractivity contribution in [1.29, 1.82) is 0 Å². The van der Waals surface area contributed by atoms with Crippen LogP contribution in [0.15, 0.2) is 17.2 Å². The first-order chi connectivity index (χ1) is 8.95. The van der Waals surface area contributed by atoms with E-state index in [-0.39, 0.29) is 17.3 Å². The third-order valence-corrected chi connectivity index (χ3v) is 4.25. The normalized spacial score (nSPS) is 11.6. The second-order valence-electron chi connectivity index (χ2n) is 4.29. The van der Waals surface area contributed by atoms with Crippen LogP contribution >= 0.6 is 12.4 Å². The summed E-state index contributed by atoms with van der Waals surface area (Å²) in [6.07, 6.45) is 1.94. The van der Waals surface area contributed by atoms with Gasteiger partial charge in [0.2, 0.25) is 10.0 Å². The van der Waals surface area contributed by atoms with Crippen molar-refractivity contribution >= 4 is 33.5 Å². The van der Waals surface area contributed by atoms with Gasteiger partial charge in [0, 0.05) is 25.2 Å². The highest BCUT2D eigenvalue weighted by molar-refractivity contribution is 7.89. The number of rotatable bonds is 5. The smallest absolute Gasteiger partial charge is 0.242 e. The average molecular weight is 320 g/mol. The quantitative estimate of drug-likeness (QED) is 0.773. The molecule has 0 aliphatic carbocycles. The molecule has 2 rings (SSSR count). The zero-order chi connectivity index (χ0) is 14.0. The Balaban J connectivity index is 0.00000200. The minimum Gasteiger partial charge on any atom is -0.330 e. The number of nitrogens with zero attached hydrogens (tertiary/aromatic N) is 3. The van der Waals surface area contributed by atoms with Crippen molar-refractivity contribution in [3.05, 3.63) is 18.0 Å². The highest BCUT2D eigenvalue weighted by atomic mass is 35.5. The number of hydrogen-bond acceptors (Lipinski definition) is 5. The second kappa shape index (κ2) is 6.49. The molecule has 20 heavy (non-hydrogen) atoms. The molecular formula is C11H18ClN5O2S. The number of aryl methyl sites for hydroxylation is 2. The van der Waals surface area contributed by atoms with E-state index in [4.69, 9.17) is 5.73 Å². The zero-order valence-electron chi connectivity index (χ0n) is 11.3. The van der Waals surface area contributed by atoms with Gasteiger partial charge in [0.05, 0.1) is 5.69 Å². The molecule has 0 fully saturated rings. The standard InChI is InChI=1S/C11H17N5O2S.ClH/c1-8-10-6-9(7-13-11(10)16(2)15-8)19(17,18)14-5-3-4-12;/h6-7,14H,3-5,12H2,1-2H3;1H.